The van der Waals surface area contributed by atoms with Crippen LogP contribution in [0.5, 0.6) is 5.75 Å². The molecule has 152 valence electrons. The monoisotopic (exact) mass is 379 g/mol. The molecule has 0 unspecified atom stereocenters. The van der Waals surface area contributed by atoms with E-state index in [9.17, 15) is 14.7 Å². The predicted molar refractivity (Wildman–Crippen MR) is 106 cm³/mol. The summed E-state index contributed by atoms with van der Waals surface area (Å²) in [6.07, 6.45) is 11.7. The van der Waals surface area contributed by atoms with Gasteiger partial charge in [-0.1, -0.05) is 64.7 Å². The molecule has 0 bridgehead atoms. The lowest BCUT2D eigenvalue weighted by Gasteiger charge is -2.09. The van der Waals surface area contributed by atoms with Gasteiger partial charge < -0.3 is 14.6 Å². The Morgan fingerprint density at radius 2 is 1.56 bits per heavy atom. The van der Waals surface area contributed by atoms with Crippen LogP contribution in [0.15, 0.2) is 18.2 Å². The quantitative estimate of drug-likeness (QED) is 0.342. The number of carbonyl (C=O) groups excluding carboxylic acids is 2. The minimum absolute atomic E-state index is 0.0433. The summed E-state index contributed by atoms with van der Waals surface area (Å²) in [6, 6.07) is 4.18. The van der Waals surface area contributed by atoms with Crippen LogP contribution < -0.4 is 5.32 Å². The lowest BCUT2D eigenvalue weighted by atomic mass is 10.1. The van der Waals surface area contributed by atoms with Crippen LogP contribution in [0.4, 0.5) is 10.5 Å². The SMILES string of the molecule is CCCCCCCCCCCCOC(=O)Nc1ccc(C(=O)OC)c(O)c1. The molecule has 27 heavy (non-hydrogen) atoms. The Morgan fingerprint density at radius 3 is 2.11 bits per heavy atom. The average Bonchev–Trinajstić information content (AvgIpc) is 2.65. The summed E-state index contributed by atoms with van der Waals surface area (Å²) in [5, 5.41) is 12.3. The molecule has 0 fully saturated rings. The van der Waals surface area contributed by atoms with Gasteiger partial charge in [-0.15, -0.1) is 0 Å². The summed E-state index contributed by atoms with van der Waals surface area (Å²) in [5.41, 5.74) is 0.398. The lowest BCUT2D eigenvalue weighted by Crippen LogP contribution is -2.14. The number of esters is 1. The number of carbonyl (C=O) groups is 2. The van der Waals surface area contributed by atoms with Crippen molar-refractivity contribution in [2.45, 2.75) is 71.1 Å². The highest BCUT2D eigenvalue weighted by Gasteiger charge is 2.12. The Balaban J connectivity index is 2.11. The molecule has 1 aromatic rings. The van der Waals surface area contributed by atoms with E-state index >= 15 is 0 Å². The van der Waals surface area contributed by atoms with Gasteiger partial charge in [0.15, 0.2) is 0 Å². The molecule has 0 spiro atoms. The molecule has 0 radical (unpaired) electrons. The maximum atomic E-state index is 11.8. The topological polar surface area (TPSA) is 84.9 Å². The number of hydrogen-bond donors (Lipinski definition) is 2. The van der Waals surface area contributed by atoms with Crippen LogP contribution in [-0.2, 0) is 9.47 Å². The average molecular weight is 379 g/mol. The van der Waals surface area contributed by atoms with Gasteiger partial charge in [0.1, 0.15) is 11.3 Å². The van der Waals surface area contributed by atoms with E-state index in [0.717, 1.165) is 12.8 Å². The molecule has 0 saturated carbocycles. The van der Waals surface area contributed by atoms with Gasteiger partial charge in [0.25, 0.3) is 0 Å². The second-order valence-corrected chi connectivity index (χ2v) is 6.67. The lowest BCUT2D eigenvalue weighted by molar-refractivity contribution is 0.0597. The Hall–Kier alpha value is -2.24. The summed E-state index contributed by atoms with van der Waals surface area (Å²) in [5.74, 6) is -0.892. The van der Waals surface area contributed by atoms with Crippen molar-refractivity contribution in [3.8, 4) is 5.75 Å². The molecule has 0 atom stereocenters. The molecular weight excluding hydrogens is 346 g/mol. The Bertz CT molecular complexity index is 574. The molecule has 0 aliphatic heterocycles. The van der Waals surface area contributed by atoms with Gasteiger partial charge in [-0.05, 0) is 18.6 Å². The minimum Gasteiger partial charge on any atom is -0.507 e. The number of rotatable bonds is 13. The van der Waals surface area contributed by atoms with Crippen molar-refractivity contribution < 1.29 is 24.2 Å². The zero-order valence-electron chi connectivity index (χ0n) is 16.6. The van der Waals surface area contributed by atoms with Crippen molar-refractivity contribution in [3.05, 3.63) is 23.8 Å². The number of ether oxygens (including phenoxy) is 2. The molecule has 1 amide bonds. The Kier molecular flexibility index (Phi) is 11.7. The van der Waals surface area contributed by atoms with Crippen molar-refractivity contribution in [1.29, 1.82) is 0 Å². The molecule has 0 heterocycles. The van der Waals surface area contributed by atoms with Gasteiger partial charge in [-0.3, -0.25) is 5.32 Å². The highest BCUT2D eigenvalue weighted by molar-refractivity contribution is 5.94. The van der Waals surface area contributed by atoms with Gasteiger partial charge in [0.2, 0.25) is 0 Å². The summed E-state index contributed by atoms with van der Waals surface area (Å²) in [7, 11) is 1.24. The number of methoxy groups -OCH3 is 1. The fourth-order valence-corrected chi connectivity index (χ4v) is 2.80. The van der Waals surface area contributed by atoms with Crippen LogP contribution in [0.2, 0.25) is 0 Å². The number of nitrogens with one attached hydrogen (secondary N) is 1. The molecular formula is C21H33NO5. The number of benzene rings is 1. The van der Waals surface area contributed by atoms with E-state index in [1.807, 2.05) is 0 Å². The van der Waals surface area contributed by atoms with Crippen LogP contribution in [-0.4, -0.2) is 30.9 Å². The van der Waals surface area contributed by atoms with Crippen molar-refractivity contribution in [1.82, 2.24) is 0 Å². The Labute approximate surface area is 162 Å². The molecule has 6 heteroatoms. The largest absolute Gasteiger partial charge is 0.507 e. The van der Waals surface area contributed by atoms with Crippen molar-refractivity contribution >= 4 is 17.7 Å². The number of phenols is 1. The number of aromatic hydroxyl groups is 1. The summed E-state index contributed by atoms with van der Waals surface area (Å²) >= 11 is 0. The highest BCUT2D eigenvalue weighted by atomic mass is 16.5. The van der Waals surface area contributed by atoms with Crippen molar-refractivity contribution in [2.24, 2.45) is 0 Å². The molecule has 0 aliphatic carbocycles. The Morgan fingerprint density at radius 1 is 0.963 bits per heavy atom. The fourth-order valence-electron chi connectivity index (χ4n) is 2.80. The van der Waals surface area contributed by atoms with Gasteiger partial charge in [0, 0.05) is 11.8 Å². The van der Waals surface area contributed by atoms with E-state index in [2.05, 4.69) is 17.0 Å². The molecule has 2 N–H and O–H groups in total. The predicted octanol–water partition coefficient (Wildman–Crippen LogP) is 5.65. The van der Waals surface area contributed by atoms with E-state index in [-0.39, 0.29) is 11.3 Å². The molecule has 0 aliphatic rings. The van der Waals surface area contributed by atoms with Crippen molar-refractivity contribution in [3.63, 3.8) is 0 Å². The van der Waals surface area contributed by atoms with Crippen LogP contribution in [0.3, 0.4) is 0 Å². The van der Waals surface area contributed by atoms with Gasteiger partial charge in [-0.25, -0.2) is 9.59 Å². The second kappa shape index (κ2) is 13.9. The smallest absolute Gasteiger partial charge is 0.411 e. The molecule has 1 aromatic carbocycles. The zero-order valence-corrected chi connectivity index (χ0v) is 16.6. The third-order valence-electron chi connectivity index (χ3n) is 4.38. The molecule has 0 aromatic heterocycles. The third kappa shape index (κ3) is 9.87. The third-order valence-corrected chi connectivity index (χ3v) is 4.38. The molecule has 1 rings (SSSR count). The number of hydrogen-bond acceptors (Lipinski definition) is 5. The maximum absolute atomic E-state index is 11.8. The normalized spacial score (nSPS) is 10.4. The minimum atomic E-state index is -0.636. The number of amides is 1. The summed E-state index contributed by atoms with van der Waals surface area (Å²) in [4.78, 5) is 23.2. The van der Waals surface area contributed by atoms with E-state index in [1.165, 1.54) is 76.7 Å². The van der Waals surface area contributed by atoms with Gasteiger partial charge >= 0.3 is 12.1 Å². The number of unbranched alkanes of at least 4 members (excludes halogenated alkanes) is 9. The first-order chi connectivity index (χ1) is 13.1. The van der Waals surface area contributed by atoms with E-state index in [1.54, 1.807) is 0 Å². The van der Waals surface area contributed by atoms with E-state index in [4.69, 9.17) is 4.74 Å². The summed E-state index contributed by atoms with van der Waals surface area (Å²) in [6.45, 7) is 2.60. The number of anilines is 1. The number of phenolic OH excluding ortho intramolecular Hbond substituents is 1. The molecule has 6 nitrogen and oxygen atoms in total. The molecule has 0 saturated heterocycles. The van der Waals surface area contributed by atoms with E-state index in [0.29, 0.717) is 12.3 Å². The maximum Gasteiger partial charge on any atom is 0.411 e. The van der Waals surface area contributed by atoms with Crippen LogP contribution >= 0.6 is 0 Å². The fraction of sp³-hybridized carbons (Fsp3) is 0.619. The van der Waals surface area contributed by atoms with Gasteiger partial charge in [-0.2, -0.15) is 0 Å². The highest BCUT2D eigenvalue weighted by Crippen LogP contribution is 2.22. The van der Waals surface area contributed by atoms with Gasteiger partial charge in [0.05, 0.1) is 13.7 Å². The van der Waals surface area contributed by atoms with E-state index < -0.39 is 12.1 Å². The first-order valence-electron chi connectivity index (χ1n) is 9.93. The van der Waals surface area contributed by atoms with Crippen LogP contribution in [0, 0.1) is 0 Å². The zero-order chi connectivity index (χ0) is 19.9. The standard InChI is InChI=1S/C21H33NO5/c1-3-4-5-6-7-8-9-10-11-12-15-27-21(25)22-17-13-14-18(19(23)16-17)20(24)26-2/h13-14,16,23H,3-12,15H2,1-2H3,(H,22,25). The summed E-state index contributed by atoms with van der Waals surface area (Å²) < 4.78 is 9.68. The van der Waals surface area contributed by atoms with Crippen LogP contribution in [0.1, 0.15) is 81.5 Å². The van der Waals surface area contributed by atoms with Crippen LogP contribution in [0.25, 0.3) is 0 Å². The first-order valence-corrected chi connectivity index (χ1v) is 9.93. The van der Waals surface area contributed by atoms with Crippen molar-refractivity contribution in [2.75, 3.05) is 19.0 Å². The first kappa shape index (κ1) is 22.8. The second-order valence-electron chi connectivity index (χ2n) is 6.67.